The van der Waals surface area contributed by atoms with Gasteiger partial charge in [-0.2, -0.15) is 14.9 Å². The van der Waals surface area contributed by atoms with Crippen molar-refractivity contribution in [3.8, 4) is 11.4 Å². The molecule has 9 heteroatoms. The van der Waals surface area contributed by atoms with Gasteiger partial charge in [0, 0.05) is 24.0 Å². The fraction of sp³-hybridized carbons (Fsp3) is 0. The second kappa shape index (κ2) is 6.28. The zero-order valence-electron chi connectivity index (χ0n) is 11.7. The molecule has 23 heavy (non-hydrogen) atoms. The molecule has 0 aliphatic heterocycles. The van der Waals surface area contributed by atoms with E-state index in [0.29, 0.717) is 11.4 Å². The molecule has 3 rings (SSSR count). The molecule has 0 unspecified atom stereocenters. The zero-order chi connectivity index (χ0) is 16.2. The van der Waals surface area contributed by atoms with Crippen molar-refractivity contribution in [2.75, 3.05) is 0 Å². The molecule has 0 spiro atoms. The van der Waals surface area contributed by atoms with E-state index in [1.165, 1.54) is 17.0 Å². The quantitative estimate of drug-likeness (QED) is 0.344. The maximum atomic E-state index is 11.0. The summed E-state index contributed by atoms with van der Waals surface area (Å²) in [6.45, 7) is 0. The third kappa shape index (κ3) is 3.04. The molecule has 0 saturated heterocycles. The van der Waals surface area contributed by atoms with Gasteiger partial charge in [0.1, 0.15) is 0 Å². The van der Waals surface area contributed by atoms with E-state index in [4.69, 9.17) is 12.2 Å². The number of nitrogens with zero attached hydrogens (tertiary/aromatic N) is 5. The van der Waals surface area contributed by atoms with Gasteiger partial charge in [-0.1, -0.05) is 12.1 Å². The summed E-state index contributed by atoms with van der Waals surface area (Å²) in [5, 5.41) is 22.0. The summed E-state index contributed by atoms with van der Waals surface area (Å²) in [5.74, 6) is 0.493. The van der Waals surface area contributed by atoms with Crippen molar-refractivity contribution < 1.29 is 4.92 Å². The van der Waals surface area contributed by atoms with Crippen LogP contribution in [0.15, 0.2) is 53.9 Å². The third-order valence-corrected chi connectivity index (χ3v) is 3.30. The number of nitrogens with one attached hydrogen (secondary N) is 1. The average Bonchev–Trinajstić information content (AvgIpc) is 2.94. The van der Waals surface area contributed by atoms with E-state index >= 15 is 0 Å². The minimum absolute atomic E-state index is 0.0308. The van der Waals surface area contributed by atoms with Crippen LogP contribution in [0, 0.1) is 14.9 Å². The number of aromatic amines is 1. The van der Waals surface area contributed by atoms with Gasteiger partial charge in [-0.25, -0.2) is 5.10 Å². The Kier molecular flexibility index (Phi) is 4.02. The molecule has 2 aromatic heterocycles. The van der Waals surface area contributed by atoms with Crippen LogP contribution < -0.4 is 0 Å². The lowest BCUT2D eigenvalue weighted by Crippen LogP contribution is -1.98. The molecule has 1 aromatic carbocycles. The summed E-state index contributed by atoms with van der Waals surface area (Å²) in [6.07, 6.45) is 4.64. The fourth-order valence-corrected chi connectivity index (χ4v) is 2.15. The highest BCUT2D eigenvalue weighted by atomic mass is 32.1. The highest BCUT2D eigenvalue weighted by Crippen LogP contribution is 2.18. The van der Waals surface area contributed by atoms with E-state index in [0.717, 1.165) is 5.56 Å². The zero-order valence-corrected chi connectivity index (χ0v) is 12.5. The average molecular weight is 326 g/mol. The number of hydrogen-bond donors (Lipinski definition) is 1. The number of aromatic nitrogens is 4. The van der Waals surface area contributed by atoms with Crippen molar-refractivity contribution in [2.24, 2.45) is 5.10 Å². The second-order valence-electron chi connectivity index (χ2n) is 4.46. The molecule has 0 aliphatic rings. The van der Waals surface area contributed by atoms with Crippen LogP contribution in [0.25, 0.3) is 11.4 Å². The first-order chi connectivity index (χ1) is 11.2. The van der Waals surface area contributed by atoms with Gasteiger partial charge in [-0.3, -0.25) is 15.1 Å². The Hall–Kier alpha value is -3.20. The summed E-state index contributed by atoms with van der Waals surface area (Å²) in [4.78, 5) is 14.5. The molecule has 0 bridgehead atoms. The Morgan fingerprint density at radius 3 is 2.74 bits per heavy atom. The van der Waals surface area contributed by atoms with E-state index in [1.54, 1.807) is 42.7 Å². The number of nitro benzene ring substituents is 1. The van der Waals surface area contributed by atoms with Crippen molar-refractivity contribution in [3.05, 3.63) is 69.2 Å². The fourth-order valence-electron chi connectivity index (χ4n) is 1.97. The Morgan fingerprint density at radius 2 is 2.00 bits per heavy atom. The Labute approximate surface area is 135 Å². The minimum atomic E-state index is -0.459. The maximum absolute atomic E-state index is 11.0. The molecule has 3 aromatic rings. The van der Waals surface area contributed by atoms with E-state index in [2.05, 4.69) is 20.3 Å². The predicted molar refractivity (Wildman–Crippen MR) is 86.7 cm³/mol. The molecule has 8 nitrogen and oxygen atoms in total. The lowest BCUT2D eigenvalue weighted by Gasteiger charge is -2.00. The summed E-state index contributed by atoms with van der Waals surface area (Å²) < 4.78 is 1.69. The Morgan fingerprint density at radius 1 is 1.26 bits per heavy atom. The van der Waals surface area contributed by atoms with Crippen LogP contribution in [0.2, 0.25) is 0 Å². The largest absolute Gasteiger partial charge is 0.278 e. The molecule has 0 saturated carbocycles. The monoisotopic (exact) mass is 326 g/mol. The van der Waals surface area contributed by atoms with Crippen LogP contribution in [0.5, 0.6) is 0 Å². The van der Waals surface area contributed by atoms with E-state index in [9.17, 15) is 10.1 Å². The minimum Gasteiger partial charge on any atom is -0.265 e. The normalized spacial score (nSPS) is 11.0. The van der Waals surface area contributed by atoms with Crippen LogP contribution in [0.1, 0.15) is 5.56 Å². The molecule has 114 valence electrons. The maximum Gasteiger partial charge on any atom is 0.278 e. The molecule has 0 atom stereocenters. The van der Waals surface area contributed by atoms with E-state index < -0.39 is 4.92 Å². The number of benzene rings is 1. The number of para-hydroxylation sites is 1. The summed E-state index contributed by atoms with van der Waals surface area (Å²) in [5.41, 5.74) is 1.12. The number of pyridine rings is 1. The SMILES string of the molecule is O=[N+]([O-])c1ccccc1/C=N\n1c(-c2ccncc2)n[nH]c1=S. The van der Waals surface area contributed by atoms with Crippen LogP contribution in [-0.4, -0.2) is 31.0 Å². The summed E-state index contributed by atoms with van der Waals surface area (Å²) in [7, 11) is 0. The van der Waals surface area contributed by atoms with Crippen molar-refractivity contribution in [2.45, 2.75) is 0 Å². The van der Waals surface area contributed by atoms with Crippen LogP contribution in [-0.2, 0) is 0 Å². The number of hydrogen-bond acceptors (Lipinski definition) is 6. The van der Waals surface area contributed by atoms with Gasteiger partial charge in [0.2, 0.25) is 4.77 Å². The van der Waals surface area contributed by atoms with Gasteiger partial charge in [-0.05, 0) is 30.4 Å². The van der Waals surface area contributed by atoms with Crippen molar-refractivity contribution in [3.63, 3.8) is 0 Å². The van der Waals surface area contributed by atoms with Crippen molar-refractivity contribution in [1.82, 2.24) is 19.9 Å². The van der Waals surface area contributed by atoms with Crippen LogP contribution >= 0.6 is 12.2 Å². The molecule has 1 N–H and O–H groups in total. The first kappa shape index (κ1) is 14.7. The number of nitro groups is 1. The third-order valence-electron chi connectivity index (χ3n) is 3.03. The van der Waals surface area contributed by atoms with Gasteiger partial charge >= 0.3 is 0 Å². The topological polar surface area (TPSA) is 102 Å². The van der Waals surface area contributed by atoms with Gasteiger partial charge < -0.3 is 0 Å². The van der Waals surface area contributed by atoms with E-state index in [1.807, 2.05) is 0 Å². The summed E-state index contributed by atoms with van der Waals surface area (Å²) >= 11 is 5.15. The molecule has 0 fully saturated rings. The lowest BCUT2D eigenvalue weighted by atomic mass is 10.2. The van der Waals surface area contributed by atoms with Gasteiger partial charge in [0.25, 0.3) is 5.69 Å². The van der Waals surface area contributed by atoms with Crippen molar-refractivity contribution in [1.29, 1.82) is 0 Å². The van der Waals surface area contributed by atoms with Gasteiger partial charge in [0.15, 0.2) is 5.82 Å². The first-order valence-corrected chi connectivity index (χ1v) is 6.93. The molecule has 0 radical (unpaired) electrons. The summed E-state index contributed by atoms with van der Waals surface area (Å²) in [6, 6.07) is 9.86. The van der Waals surface area contributed by atoms with Crippen LogP contribution in [0.3, 0.4) is 0 Å². The first-order valence-electron chi connectivity index (χ1n) is 6.52. The highest BCUT2D eigenvalue weighted by Gasteiger charge is 2.11. The molecular formula is C14H10N6O2S. The Bertz CT molecular complexity index is 932. The van der Waals surface area contributed by atoms with Crippen molar-refractivity contribution >= 4 is 24.1 Å². The lowest BCUT2D eigenvalue weighted by molar-refractivity contribution is -0.385. The van der Waals surface area contributed by atoms with Gasteiger partial charge in [-0.15, -0.1) is 0 Å². The Balaban J connectivity index is 2.04. The molecule has 2 heterocycles. The predicted octanol–water partition coefficient (Wildman–Crippen LogP) is 2.79. The molecule has 0 aliphatic carbocycles. The molecular weight excluding hydrogens is 316 g/mol. The highest BCUT2D eigenvalue weighted by molar-refractivity contribution is 7.71. The van der Waals surface area contributed by atoms with Gasteiger partial charge in [0.05, 0.1) is 16.7 Å². The second-order valence-corrected chi connectivity index (χ2v) is 4.85. The smallest absolute Gasteiger partial charge is 0.265 e. The van der Waals surface area contributed by atoms with Crippen LogP contribution in [0.4, 0.5) is 5.69 Å². The molecule has 0 amide bonds. The number of rotatable bonds is 4. The van der Waals surface area contributed by atoms with E-state index in [-0.39, 0.29) is 10.5 Å². The standard InChI is InChI=1S/C14H10N6O2S/c21-20(22)12-4-2-1-3-11(12)9-16-19-13(17-18-14(19)23)10-5-7-15-8-6-10/h1-9H,(H,18,23)/b16-9-. The number of H-pyrrole nitrogens is 1.